The second-order valence-corrected chi connectivity index (χ2v) is 3.04. The average Bonchev–Trinajstić information content (AvgIpc) is 2.23. The number of hydrogen-bond acceptors (Lipinski definition) is 4. The molecule has 3 N–H and O–H groups in total. The summed E-state index contributed by atoms with van der Waals surface area (Å²) in [5, 5.41) is 9.65. The quantitative estimate of drug-likeness (QED) is 0.500. The fourth-order valence-electron chi connectivity index (χ4n) is 1.30. The molecule has 0 bridgehead atoms. The molecule has 6 heteroatoms. The van der Waals surface area contributed by atoms with Gasteiger partial charge in [0.25, 0.3) is 5.91 Å². The van der Waals surface area contributed by atoms with E-state index in [-0.39, 0.29) is 17.9 Å². The summed E-state index contributed by atoms with van der Waals surface area (Å²) >= 11 is 0. The van der Waals surface area contributed by atoms with Gasteiger partial charge in [-0.2, -0.15) is 0 Å². The monoisotopic (exact) mass is 208 g/mol. The maximum absolute atomic E-state index is 11.2. The molecule has 0 aromatic heterocycles. The van der Waals surface area contributed by atoms with Crippen LogP contribution in [0.25, 0.3) is 0 Å². The van der Waals surface area contributed by atoms with Crippen LogP contribution in [0.1, 0.15) is 10.4 Å². The third-order valence-electron chi connectivity index (χ3n) is 2.09. The van der Waals surface area contributed by atoms with E-state index < -0.39 is 11.9 Å². The molecule has 0 fully saturated rings. The van der Waals surface area contributed by atoms with Gasteiger partial charge in [-0.15, -0.1) is 0 Å². The highest BCUT2D eigenvalue weighted by molar-refractivity contribution is 5.98. The number of carboxylic acid groups (broad SMARTS) is 1. The van der Waals surface area contributed by atoms with Crippen molar-refractivity contribution in [1.82, 2.24) is 0 Å². The maximum Gasteiger partial charge on any atom is 0.335 e. The van der Waals surface area contributed by atoms with Crippen LogP contribution in [-0.4, -0.2) is 23.6 Å². The Morgan fingerprint density at radius 2 is 2.27 bits per heavy atom. The van der Waals surface area contributed by atoms with E-state index in [1.165, 1.54) is 18.2 Å². The highest BCUT2D eigenvalue weighted by Gasteiger charge is 2.23. The van der Waals surface area contributed by atoms with Crippen LogP contribution in [0.4, 0.5) is 5.69 Å². The fraction of sp³-hybridized carbons (Fsp3) is 0.111. The van der Waals surface area contributed by atoms with E-state index in [1.807, 2.05) is 0 Å². The molecule has 0 spiro atoms. The smallest absolute Gasteiger partial charge is 0.335 e. The van der Waals surface area contributed by atoms with E-state index in [4.69, 9.17) is 15.7 Å². The van der Waals surface area contributed by atoms with Crippen molar-refractivity contribution in [3.63, 3.8) is 0 Å². The molecule has 0 unspecified atom stereocenters. The van der Waals surface area contributed by atoms with Gasteiger partial charge in [0.05, 0.1) is 5.56 Å². The van der Waals surface area contributed by atoms with Crippen molar-refractivity contribution in [2.75, 3.05) is 11.6 Å². The number of carboxylic acids is 1. The van der Waals surface area contributed by atoms with Crippen molar-refractivity contribution >= 4 is 17.6 Å². The first-order valence-corrected chi connectivity index (χ1v) is 4.17. The Balaban J connectivity index is 2.50. The normalized spacial score (nSPS) is 14.5. The van der Waals surface area contributed by atoms with Crippen LogP contribution in [0.2, 0.25) is 0 Å². The van der Waals surface area contributed by atoms with Gasteiger partial charge in [0, 0.05) is 0 Å². The van der Waals surface area contributed by atoms with Gasteiger partial charge in [0.2, 0.25) is 0 Å². The Labute approximate surface area is 84.8 Å². The van der Waals surface area contributed by atoms with Crippen LogP contribution >= 0.6 is 0 Å². The van der Waals surface area contributed by atoms with Gasteiger partial charge in [-0.05, 0) is 18.2 Å². The molecule has 78 valence electrons. The van der Waals surface area contributed by atoms with Crippen molar-refractivity contribution < 1.29 is 19.4 Å². The number of nitrogens with two attached hydrogens (primary N) is 1. The summed E-state index contributed by atoms with van der Waals surface area (Å²) in [6, 6.07) is 4.17. The SMILES string of the molecule is NN1C(=O)COc2ccc(C(=O)O)cc21. The predicted molar refractivity (Wildman–Crippen MR) is 50.6 cm³/mol. The lowest BCUT2D eigenvalue weighted by Crippen LogP contribution is -2.43. The summed E-state index contributed by atoms with van der Waals surface area (Å²) in [7, 11) is 0. The molecule has 1 aromatic rings. The summed E-state index contributed by atoms with van der Waals surface area (Å²) in [4.78, 5) is 21.9. The molecule has 0 saturated carbocycles. The molecule has 0 atom stereocenters. The van der Waals surface area contributed by atoms with Crippen LogP contribution in [0.15, 0.2) is 18.2 Å². The van der Waals surface area contributed by atoms with Crippen LogP contribution < -0.4 is 15.6 Å². The van der Waals surface area contributed by atoms with E-state index in [1.54, 1.807) is 0 Å². The molecule has 6 nitrogen and oxygen atoms in total. The van der Waals surface area contributed by atoms with E-state index in [0.717, 1.165) is 5.01 Å². The summed E-state index contributed by atoms with van der Waals surface area (Å²) < 4.78 is 5.08. The number of hydrogen-bond donors (Lipinski definition) is 2. The third kappa shape index (κ3) is 1.50. The number of amides is 1. The summed E-state index contributed by atoms with van der Waals surface area (Å²) in [5.41, 5.74) is 0.327. The Morgan fingerprint density at radius 3 is 2.93 bits per heavy atom. The lowest BCUT2D eigenvalue weighted by atomic mass is 10.1. The second kappa shape index (κ2) is 3.25. The number of fused-ring (bicyclic) bond motifs is 1. The number of hydrazine groups is 1. The molecule has 2 rings (SSSR count). The topological polar surface area (TPSA) is 92.9 Å². The largest absolute Gasteiger partial charge is 0.481 e. The number of nitrogens with zero attached hydrogens (tertiary/aromatic N) is 1. The van der Waals surface area contributed by atoms with Crippen molar-refractivity contribution in [1.29, 1.82) is 0 Å². The Morgan fingerprint density at radius 1 is 1.53 bits per heavy atom. The molecule has 1 aliphatic rings. The van der Waals surface area contributed by atoms with Gasteiger partial charge in [-0.1, -0.05) is 0 Å². The second-order valence-electron chi connectivity index (χ2n) is 3.04. The summed E-state index contributed by atoms with van der Waals surface area (Å²) in [5.74, 6) is 4.38. The minimum absolute atomic E-state index is 0.0579. The van der Waals surface area contributed by atoms with Crippen molar-refractivity contribution in [2.45, 2.75) is 0 Å². The van der Waals surface area contributed by atoms with Gasteiger partial charge in [0.15, 0.2) is 6.61 Å². The van der Waals surface area contributed by atoms with E-state index in [9.17, 15) is 9.59 Å². The number of carbonyl (C=O) groups excluding carboxylic acids is 1. The highest BCUT2D eigenvalue weighted by Crippen LogP contribution is 2.30. The molecule has 1 aromatic carbocycles. The lowest BCUT2D eigenvalue weighted by molar-refractivity contribution is -0.121. The van der Waals surface area contributed by atoms with Gasteiger partial charge in [0.1, 0.15) is 11.4 Å². The van der Waals surface area contributed by atoms with Crippen LogP contribution in [-0.2, 0) is 4.79 Å². The zero-order chi connectivity index (χ0) is 11.0. The zero-order valence-electron chi connectivity index (χ0n) is 7.64. The number of rotatable bonds is 1. The Hall–Kier alpha value is -2.08. The molecule has 15 heavy (non-hydrogen) atoms. The minimum atomic E-state index is -1.08. The Kier molecular flexibility index (Phi) is 2.05. The first-order chi connectivity index (χ1) is 7.09. The van der Waals surface area contributed by atoms with Crippen LogP contribution in [0.5, 0.6) is 5.75 Å². The third-order valence-corrected chi connectivity index (χ3v) is 2.09. The van der Waals surface area contributed by atoms with Crippen LogP contribution in [0.3, 0.4) is 0 Å². The first-order valence-electron chi connectivity index (χ1n) is 4.17. The fourth-order valence-corrected chi connectivity index (χ4v) is 1.30. The van der Waals surface area contributed by atoms with Gasteiger partial charge in [-0.3, -0.25) is 4.79 Å². The number of anilines is 1. The van der Waals surface area contributed by atoms with E-state index in [2.05, 4.69) is 0 Å². The average molecular weight is 208 g/mol. The number of benzene rings is 1. The molecular formula is C9H8N2O4. The zero-order valence-corrected chi connectivity index (χ0v) is 7.64. The van der Waals surface area contributed by atoms with Crippen molar-refractivity contribution in [3.05, 3.63) is 23.8 Å². The van der Waals surface area contributed by atoms with Gasteiger partial charge >= 0.3 is 5.97 Å². The van der Waals surface area contributed by atoms with E-state index in [0.29, 0.717) is 5.75 Å². The summed E-state index contributed by atoms with van der Waals surface area (Å²) in [6.45, 7) is -0.129. The molecule has 1 heterocycles. The molecule has 1 aliphatic heterocycles. The molecular weight excluding hydrogens is 200 g/mol. The van der Waals surface area contributed by atoms with E-state index >= 15 is 0 Å². The van der Waals surface area contributed by atoms with Crippen molar-refractivity contribution in [2.24, 2.45) is 5.84 Å². The molecule has 0 aliphatic carbocycles. The predicted octanol–water partition coefficient (Wildman–Crippen LogP) is -0.0161. The van der Waals surface area contributed by atoms with Gasteiger partial charge in [-0.25, -0.2) is 15.6 Å². The first kappa shape index (κ1) is 9.47. The lowest BCUT2D eigenvalue weighted by Gasteiger charge is -2.25. The number of carbonyl (C=O) groups is 2. The summed E-state index contributed by atoms with van der Waals surface area (Å²) in [6.07, 6.45) is 0. The standard InChI is InChI=1S/C9H8N2O4/c10-11-6-3-5(9(13)14)1-2-7(6)15-4-8(11)12/h1-3H,4,10H2,(H,13,14). The van der Waals surface area contributed by atoms with Crippen molar-refractivity contribution in [3.8, 4) is 5.75 Å². The minimum Gasteiger partial charge on any atom is -0.481 e. The maximum atomic E-state index is 11.2. The molecule has 1 amide bonds. The molecule has 0 radical (unpaired) electrons. The highest BCUT2D eigenvalue weighted by atomic mass is 16.5. The van der Waals surface area contributed by atoms with Gasteiger partial charge < -0.3 is 9.84 Å². The number of ether oxygens (including phenoxy) is 1. The molecule has 0 saturated heterocycles. The number of aromatic carboxylic acids is 1. The van der Waals surface area contributed by atoms with Crippen LogP contribution in [0, 0.1) is 0 Å². The Bertz CT molecular complexity index is 444.